The van der Waals surface area contributed by atoms with Gasteiger partial charge in [0.05, 0.1) is 7.11 Å². The minimum Gasteiger partial charge on any atom is -0.497 e. The third-order valence-corrected chi connectivity index (χ3v) is 7.32. The highest BCUT2D eigenvalue weighted by atomic mass is 16.5. The lowest BCUT2D eigenvalue weighted by Crippen LogP contribution is -2.53. The Bertz CT molecular complexity index is 969. The Balaban J connectivity index is 1.45. The number of carbonyl (C=O) groups excluding carboxylic acids is 2. The van der Waals surface area contributed by atoms with Crippen molar-refractivity contribution >= 4 is 17.5 Å². The predicted octanol–water partition coefficient (Wildman–Crippen LogP) is 5.13. The molecule has 6 nitrogen and oxygen atoms in total. The number of methoxy groups -OCH3 is 1. The fourth-order valence-electron chi connectivity index (χ4n) is 5.33. The van der Waals surface area contributed by atoms with E-state index in [0.29, 0.717) is 17.9 Å². The molecule has 2 aliphatic carbocycles. The summed E-state index contributed by atoms with van der Waals surface area (Å²) in [5.74, 6) is 0.863. The molecular weight excluding hydrogens is 426 g/mol. The Hall–Kier alpha value is -2.86. The fraction of sp³-hybridized carbons (Fsp3) is 0.500. The molecule has 2 unspecified atom stereocenters. The van der Waals surface area contributed by atoms with Crippen LogP contribution >= 0.6 is 0 Å². The molecule has 2 fully saturated rings. The van der Waals surface area contributed by atoms with Crippen LogP contribution in [0.1, 0.15) is 73.7 Å². The van der Waals surface area contributed by atoms with Crippen molar-refractivity contribution in [1.29, 1.82) is 0 Å². The van der Waals surface area contributed by atoms with Gasteiger partial charge in [-0.1, -0.05) is 50.3 Å². The molecule has 0 saturated heterocycles. The SMILES string of the molecule is COc1cccc(C(=O)Nc2ccc(CN(C(=O)C3CCCCC3)C3CCCCC3N)cc2)c1. The number of ether oxygens (including phenoxy) is 1. The molecular formula is C28H37N3O3. The average Bonchev–Trinajstić information content (AvgIpc) is 2.89. The van der Waals surface area contributed by atoms with Crippen LogP contribution in [0.4, 0.5) is 5.69 Å². The quantitative estimate of drug-likeness (QED) is 0.596. The Kier molecular flexibility index (Phi) is 8.22. The lowest BCUT2D eigenvalue weighted by atomic mass is 9.85. The van der Waals surface area contributed by atoms with Gasteiger partial charge in [0.1, 0.15) is 5.75 Å². The Labute approximate surface area is 202 Å². The van der Waals surface area contributed by atoms with Gasteiger partial charge in [0.2, 0.25) is 5.91 Å². The summed E-state index contributed by atoms with van der Waals surface area (Å²) in [6, 6.07) is 15.0. The van der Waals surface area contributed by atoms with E-state index in [2.05, 4.69) is 10.2 Å². The van der Waals surface area contributed by atoms with Gasteiger partial charge < -0.3 is 20.7 Å². The maximum atomic E-state index is 13.6. The van der Waals surface area contributed by atoms with E-state index in [1.165, 1.54) is 6.42 Å². The van der Waals surface area contributed by atoms with Crippen molar-refractivity contribution in [3.8, 4) is 5.75 Å². The van der Waals surface area contributed by atoms with Crippen LogP contribution in [-0.4, -0.2) is 35.9 Å². The molecule has 3 N–H and O–H groups in total. The van der Waals surface area contributed by atoms with E-state index < -0.39 is 0 Å². The molecule has 2 aromatic rings. The van der Waals surface area contributed by atoms with Crippen molar-refractivity contribution in [2.24, 2.45) is 11.7 Å². The highest BCUT2D eigenvalue weighted by Crippen LogP contribution is 2.30. The van der Waals surface area contributed by atoms with Gasteiger partial charge in [-0.25, -0.2) is 0 Å². The summed E-state index contributed by atoms with van der Waals surface area (Å²) in [7, 11) is 1.58. The number of nitrogens with one attached hydrogen (secondary N) is 1. The Morgan fingerprint density at radius 3 is 2.38 bits per heavy atom. The molecule has 0 aliphatic heterocycles. The summed E-state index contributed by atoms with van der Waals surface area (Å²) < 4.78 is 5.21. The number of nitrogens with zero attached hydrogens (tertiary/aromatic N) is 1. The zero-order valence-electron chi connectivity index (χ0n) is 20.2. The van der Waals surface area contributed by atoms with Crippen LogP contribution in [0.5, 0.6) is 5.75 Å². The van der Waals surface area contributed by atoms with Crippen LogP contribution in [-0.2, 0) is 11.3 Å². The van der Waals surface area contributed by atoms with Gasteiger partial charge in [-0.15, -0.1) is 0 Å². The van der Waals surface area contributed by atoms with E-state index >= 15 is 0 Å². The minimum atomic E-state index is -0.186. The third kappa shape index (κ3) is 5.98. The van der Waals surface area contributed by atoms with Crippen LogP contribution in [0.25, 0.3) is 0 Å². The van der Waals surface area contributed by atoms with E-state index in [4.69, 9.17) is 10.5 Å². The molecule has 2 aliphatic rings. The molecule has 0 bridgehead atoms. The number of carbonyl (C=O) groups is 2. The largest absolute Gasteiger partial charge is 0.497 e. The number of hydrogen-bond donors (Lipinski definition) is 2. The molecule has 2 amide bonds. The number of nitrogens with two attached hydrogens (primary N) is 1. The molecule has 0 heterocycles. The fourth-order valence-corrected chi connectivity index (χ4v) is 5.33. The Morgan fingerprint density at radius 2 is 1.68 bits per heavy atom. The molecule has 2 atom stereocenters. The van der Waals surface area contributed by atoms with E-state index in [0.717, 1.165) is 62.6 Å². The van der Waals surface area contributed by atoms with Crippen molar-refractivity contribution in [3.63, 3.8) is 0 Å². The number of hydrogen-bond acceptors (Lipinski definition) is 4. The lowest BCUT2D eigenvalue weighted by Gasteiger charge is -2.40. The van der Waals surface area contributed by atoms with Crippen LogP contribution in [0.2, 0.25) is 0 Å². The normalized spacial score (nSPS) is 21.0. The smallest absolute Gasteiger partial charge is 0.255 e. The number of anilines is 1. The average molecular weight is 464 g/mol. The zero-order chi connectivity index (χ0) is 23.9. The van der Waals surface area contributed by atoms with Gasteiger partial charge in [0, 0.05) is 35.8 Å². The monoisotopic (exact) mass is 463 g/mol. The summed E-state index contributed by atoms with van der Waals surface area (Å²) in [4.78, 5) is 28.3. The zero-order valence-corrected chi connectivity index (χ0v) is 20.2. The highest BCUT2D eigenvalue weighted by Gasteiger charge is 2.34. The van der Waals surface area contributed by atoms with E-state index in [-0.39, 0.29) is 29.8 Å². The molecule has 34 heavy (non-hydrogen) atoms. The van der Waals surface area contributed by atoms with Crippen molar-refractivity contribution in [1.82, 2.24) is 4.90 Å². The standard InChI is InChI=1S/C28H37N3O3/c1-34-24-11-7-10-22(18-24)27(32)30-23-16-14-20(15-17-23)19-31(26-13-6-5-12-25(26)29)28(33)21-8-3-2-4-9-21/h7,10-11,14-18,21,25-26H,2-6,8-9,12-13,19,29H2,1H3,(H,30,32). The van der Waals surface area contributed by atoms with Crippen LogP contribution < -0.4 is 15.8 Å². The first-order valence-corrected chi connectivity index (χ1v) is 12.7. The van der Waals surface area contributed by atoms with Gasteiger partial charge in [-0.3, -0.25) is 9.59 Å². The van der Waals surface area contributed by atoms with Crippen LogP contribution in [0.3, 0.4) is 0 Å². The van der Waals surface area contributed by atoms with Gasteiger partial charge in [-0.05, 0) is 61.6 Å². The molecule has 0 radical (unpaired) electrons. The van der Waals surface area contributed by atoms with Gasteiger partial charge in [0.25, 0.3) is 5.91 Å². The minimum absolute atomic E-state index is 0.0442. The van der Waals surface area contributed by atoms with E-state index in [1.807, 2.05) is 30.3 Å². The summed E-state index contributed by atoms with van der Waals surface area (Å²) in [6.07, 6.45) is 9.73. The van der Waals surface area contributed by atoms with Gasteiger partial charge >= 0.3 is 0 Å². The molecule has 6 heteroatoms. The van der Waals surface area contributed by atoms with Gasteiger partial charge in [-0.2, -0.15) is 0 Å². The number of benzene rings is 2. The summed E-state index contributed by atoms with van der Waals surface area (Å²) in [5.41, 5.74) is 8.82. The molecule has 2 saturated carbocycles. The summed E-state index contributed by atoms with van der Waals surface area (Å²) in [6.45, 7) is 0.567. The topological polar surface area (TPSA) is 84.7 Å². The maximum absolute atomic E-state index is 13.6. The van der Waals surface area contributed by atoms with Crippen molar-refractivity contribution < 1.29 is 14.3 Å². The molecule has 4 rings (SSSR count). The Morgan fingerprint density at radius 1 is 0.971 bits per heavy atom. The molecule has 2 aromatic carbocycles. The third-order valence-electron chi connectivity index (χ3n) is 7.32. The van der Waals surface area contributed by atoms with Crippen molar-refractivity contribution in [2.75, 3.05) is 12.4 Å². The van der Waals surface area contributed by atoms with E-state index in [1.54, 1.807) is 25.3 Å². The summed E-state index contributed by atoms with van der Waals surface area (Å²) in [5, 5.41) is 2.94. The first kappa shape index (κ1) is 24.3. The molecule has 0 spiro atoms. The first-order chi connectivity index (χ1) is 16.5. The number of rotatable bonds is 7. The van der Waals surface area contributed by atoms with Crippen LogP contribution in [0.15, 0.2) is 48.5 Å². The van der Waals surface area contributed by atoms with Crippen molar-refractivity contribution in [2.45, 2.75) is 76.4 Å². The van der Waals surface area contributed by atoms with Crippen LogP contribution in [0, 0.1) is 5.92 Å². The highest BCUT2D eigenvalue weighted by molar-refractivity contribution is 6.04. The first-order valence-electron chi connectivity index (χ1n) is 12.7. The lowest BCUT2D eigenvalue weighted by molar-refractivity contribution is -0.141. The second kappa shape index (κ2) is 11.5. The van der Waals surface area contributed by atoms with E-state index in [9.17, 15) is 9.59 Å². The number of amides is 2. The van der Waals surface area contributed by atoms with Crippen molar-refractivity contribution in [3.05, 3.63) is 59.7 Å². The van der Waals surface area contributed by atoms with Gasteiger partial charge in [0.15, 0.2) is 0 Å². The summed E-state index contributed by atoms with van der Waals surface area (Å²) >= 11 is 0. The predicted molar refractivity (Wildman–Crippen MR) is 135 cm³/mol. The molecule has 0 aromatic heterocycles. The molecule has 182 valence electrons. The second-order valence-electron chi connectivity index (χ2n) is 9.70. The second-order valence-corrected chi connectivity index (χ2v) is 9.70. The maximum Gasteiger partial charge on any atom is 0.255 e.